The molecule has 0 radical (unpaired) electrons. The predicted molar refractivity (Wildman–Crippen MR) is 86.5 cm³/mol. The minimum Gasteiger partial charge on any atom is -0.466 e. The highest BCUT2D eigenvalue weighted by atomic mass is 16.5. The third-order valence-electron chi connectivity index (χ3n) is 4.85. The minimum absolute atomic E-state index is 0.176. The third kappa shape index (κ3) is 2.58. The molecule has 0 saturated carbocycles. The van der Waals surface area contributed by atoms with Gasteiger partial charge in [0.05, 0.1) is 25.2 Å². The van der Waals surface area contributed by atoms with Gasteiger partial charge in [0.2, 0.25) is 0 Å². The zero-order chi connectivity index (χ0) is 15.7. The molecule has 0 fully saturated rings. The van der Waals surface area contributed by atoms with Crippen LogP contribution in [0.25, 0.3) is 5.57 Å². The second-order valence-electron chi connectivity index (χ2n) is 6.47. The molecule has 1 heterocycles. The van der Waals surface area contributed by atoms with E-state index in [2.05, 4.69) is 31.2 Å². The van der Waals surface area contributed by atoms with Crippen LogP contribution in [0.2, 0.25) is 0 Å². The van der Waals surface area contributed by atoms with E-state index in [0.717, 1.165) is 12.8 Å². The number of fused-ring (bicyclic) bond motifs is 2. The molecule has 3 heteroatoms. The van der Waals surface area contributed by atoms with Crippen LogP contribution in [-0.4, -0.2) is 24.8 Å². The largest absolute Gasteiger partial charge is 0.466 e. The van der Waals surface area contributed by atoms with Crippen LogP contribution in [0.4, 0.5) is 0 Å². The Bertz CT molecular complexity index is 617. The fourth-order valence-corrected chi connectivity index (χ4v) is 3.79. The van der Waals surface area contributed by atoms with Crippen LogP contribution in [0, 0.1) is 5.92 Å². The topological polar surface area (TPSA) is 35.5 Å². The van der Waals surface area contributed by atoms with Gasteiger partial charge in [-0.25, -0.2) is 0 Å². The van der Waals surface area contributed by atoms with Crippen LogP contribution in [0.1, 0.15) is 44.7 Å². The molecular formula is C19H24O3. The van der Waals surface area contributed by atoms with Gasteiger partial charge in [-0.2, -0.15) is 0 Å². The van der Waals surface area contributed by atoms with E-state index < -0.39 is 5.60 Å². The summed E-state index contributed by atoms with van der Waals surface area (Å²) in [4.78, 5) is 12.0. The van der Waals surface area contributed by atoms with Crippen molar-refractivity contribution in [1.29, 1.82) is 0 Å². The summed E-state index contributed by atoms with van der Waals surface area (Å²) in [5.74, 6) is 0.192. The molecule has 1 aromatic carbocycles. The molecule has 0 bridgehead atoms. The summed E-state index contributed by atoms with van der Waals surface area (Å²) in [5, 5.41) is 0. The third-order valence-corrected chi connectivity index (χ3v) is 4.85. The summed E-state index contributed by atoms with van der Waals surface area (Å²) in [5.41, 5.74) is 4.91. The first-order valence-corrected chi connectivity index (χ1v) is 8.16. The Balaban J connectivity index is 2.02. The van der Waals surface area contributed by atoms with Crippen molar-refractivity contribution >= 4 is 11.5 Å². The van der Waals surface area contributed by atoms with Crippen molar-refractivity contribution < 1.29 is 14.3 Å². The first-order chi connectivity index (χ1) is 10.5. The lowest BCUT2D eigenvalue weighted by Gasteiger charge is -2.43. The maximum atomic E-state index is 12.0. The van der Waals surface area contributed by atoms with Crippen LogP contribution in [0.5, 0.6) is 0 Å². The molecule has 3 nitrogen and oxygen atoms in total. The van der Waals surface area contributed by atoms with Crippen molar-refractivity contribution in [1.82, 2.24) is 0 Å². The van der Waals surface area contributed by atoms with Crippen LogP contribution >= 0.6 is 0 Å². The van der Waals surface area contributed by atoms with Gasteiger partial charge >= 0.3 is 5.97 Å². The van der Waals surface area contributed by atoms with E-state index in [-0.39, 0.29) is 5.97 Å². The molecule has 1 aliphatic carbocycles. The molecule has 22 heavy (non-hydrogen) atoms. The molecule has 1 aliphatic heterocycles. The van der Waals surface area contributed by atoms with Gasteiger partial charge in [-0.05, 0) is 49.0 Å². The lowest BCUT2D eigenvalue weighted by molar-refractivity contribution is -0.149. The standard InChI is InChI=1S/C19H24O3/c1-4-21-17(20)11-19(3)16-10-9-14-7-5-6-8-15(14)18(16)13(2)12-22-19/h5-8,13H,4,9-12H2,1-3H3/t13-,19-/m0/s1. The van der Waals surface area contributed by atoms with E-state index in [1.807, 2.05) is 13.8 Å². The van der Waals surface area contributed by atoms with Gasteiger partial charge in [0.25, 0.3) is 0 Å². The first kappa shape index (κ1) is 15.3. The number of hydrogen-bond acceptors (Lipinski definition) is 3. The van der Waals surface area contributed by atoms with Crippen LogP contribution in [0.3, 0.4) is 0 Å². The Morgan fingerprint density at radius 3 is 2.91 bits per heavy atom. The Morgan fingerprint density at radius 2 is 2.14 bits per heavy atom. The molecule has 2 aliphatic rings. The smallest absolute Gasteiger partial charge is 0.309 e. The maximum absolute atomic E-state index is 12.0. The minimum atomic E-state index is -0.526. The Morgan fingerprint density at radius 1 is 1.36 bits per heavy atom. The number of hydrogen-bond donors (Lipinski definition) is 0. The average molecular weight is 300 g/mol. The number of esters is 1. The number of ether oxygens (including phenoxy) is 2. The van der Waals surface area contributed by atoms with Crippen molar-refractivity contribution in [2.45, 2.75) is 45.6 Å². The quantitative estimate of drug-likeness (QED) is 0.797. The fraction of sp³-hybridized carbons (Fsp3) is 0.526. The Labute approximate surface area is 132 Å². The van der Waals surface area contributed by atoms with Gasteiger partial charge in [-0.15, -0.1) is 0 Å². The summed E-state index contributed by atoms with van der Waals surface area (Å²) >= 11 is 0. The van der Waals surface area contributed by atoms with Crippen molar-refractivity contribution in [3.63, 3.8) is 0 Å². The normalized spacial score (nSPS) is 27.1. The highest BCUT2D eigenvalue weighted by molar-refractivity contribution is 5.79. The fourth-order valence-electron chi connectivity index (χ4n) is 3.79. The van der Waals surface area contributed by atoms with Crippen LogP contribution in [0.15, 0.2) is 29.8 Å². The van der Waals surface area contributed by atoms with Crippen molar-refractivity contribution in [3.05, 3.63) is 41.0 Å². The second-order valence-corrected chi connectivity index (χ2v) is 6.47. The van der Waals surface area contributed by atoms with E-state index in [4.69, 9.17) is 9.47 Å². The summed E-state index contributed by atoms with van der Waals surface area (Å²) in [6.07, 6.45) is 2.28. The van der Waals surface area contributed by atoms with Crippen LogP contribution in [-0.2, 0) is 20.7 Å². The summed E-state index contributed by atoms with van der Waals surface area (Å²) in [7, 11) is 0. The lowest BCUT2D eigenvalue weighted by atomic mass is 9.72. The van der Waals surface area contributed by atoms with Gasteiger partial charge < -0.3 is 9.47 Å². The Hall–Kier alpha value is -1.61. The molecular weight excluding hydrogens is 276 g/mol. The zero-order valence-electron chi connectivity index (χ0n) is 13.6. The molecule has 0 N–H and O–H groups in total. The number of carbonyl (C=O) groups excluding carboxylic acids is 1. The van der Waals surface area contributed by atoms with Gasteiger partial charge in [-0.1, -0.05) is 31.2 Å². The summed E-state index contributed by atoms with van der Waals surface area (Å²) in [6, 6.07) is 8.62. The second kappa shape index (κ2) is 5.88. The van der Waals surface area contributed by atoms with E-state index in [1.54, 1.807) is 0 Å². The zero-order valence-corrected chi connectivity index (χ0v) is 13.6. The van der Waals surface area contributed by atoms with E-state index >= 15 is 0 Å². The molecule has 0 amide bonds. The van der Waals surface area contributed by atoms with Crippen molar-refractivity contribution in [3.8, 4) is 0 Å². The molecule has 0 aromatic heterocycles. The van der Waals surface area contributed by atoms with E-state index in [0.29, 0.717) is 25.6 Å². The van der Waals surface area contributed by atoms with Gasteiger partial charge in [0.15, 0.2) is 0 Å². The Kier molecular flexibility index (Phi) is 4.09. The van der Waals surface area contributed by atoms with Gasteiger partial charge in [0, 0.05) is 5.92 Å². The highest BCUT2D eigenvalue weighted by Crippen LogP contribution is 2.46. The summed E-state index contributed by atoms with van der Waals surface area (Å²) < 4.78 is 11.3. The number of rotatable bonds is 3. The highest BCUT2D eigenvalue weighted by Gasteiger charge is 2.42. The molecule has 0 unspecified atom stereocenters. The molecule has 0 spiro atoms. The SMILES string of the molecule is CCOC(=O)C[C@]1(C)OC[C@H](C)C2=C1CCc1ccccc12. The molecule has 3 rings (SSSR count). The predicted octanol–water partition coefficient (Wildman–Crippen LogP) is 3.76. The first-order valence-electron chi connectivity index (χ1n) is 8.16. The van der Waals surface area contributed by atoms with Gasteiger partial charge in [0.1, 0.15) is 0 Å². The van der Waals surface area contributed by atoms with Crippen molar-refractivity contribution in [2.24, 2.45) is 5.92 Å². The van der Waals surface area contributed by atoms with Crippen LogP contribution < -0.4 is 0 Å². The number of benzene rings is 1. The van der Waals surface area contributed by atoms with E-state index in [1.165, 1.54) is 22.3 Å². The van der Waals surface area contributed by atoms with Gasteiger partial charge in [-0.3, -0.25) is 4.79 Å². The number of carbonyl (C=O) groups is 1. The number of aryl methyl sites for hydroxylation is 1. The molecule has 118 valence electrons. The van der Waals surface area contributed by atoms with Crippen molar-refractivity contribution in [2.75, 3.05) is 13.2 Å². The average Bonchev–Trinajstić information content (AvgIpc) is 2.51. The molecule has 2 atom stereocenters. The lowest BCUT2D eigenvalue weighted by Crippen LogP contribution is -2.42. The molecule has 0 saturated heterocycles. The molecule has 1 aromatic rings. The maximum Gasteiger partial charge on any atom is 0.309 e. The summed E-state index contributed by atoms with van der Waals surface area (Å²) in [6.45, 7) is 7.16. The van der Waals surface area contributed by atoms with E-state index in [9.17, 15) is 4.79 Å². The monoisotopic (exact) mass is 300 g/mol.